The van der Waals surface area contributed by atoms with Gasteiger partial charge >= 0.3 is 12.1 Å². The van der Waals surface area contributed by atoms with Gasteiger partial charge in [-0.1, -0.05) is 59.6 Å². The van der Waals surface area contributed by atoms with Crippen molar-refractivity contribution in [3.8, 4) is 0 Å². The van der Waals surface area contributed by atoms with Gasteiger partial charge in [0.2, 0.25) is 0 Å². The van der Waals surface area contributed by atoms with Crippen LogP contribution in [-0.2, 0) is 16.0 Å². The molecule has 0 saturated carbocycles. The molecule has 0 aromatic heterocycles. The van der Waals surface area contributed by atoms with Gasteiger partial charge < -0.3 is 20.5 Å². The van der Waals surface area contributed by atoms with E-state index in [1.807, 2.05) is 54.6 Å². The number of hydrogen-bond acceptors (Lipinski definition) is 5. The lowest BCUT2D eigenvalue weighted by Crippen LogP contribution is -2.44. The summed E-state index contributed by atoms with van der Waals surface area (Å²) in [6, 6.07) is 20.2. The highest BCUT2D eigenvalue weighted by Gasteiger charge is 2.32. The molecule has 3 aromatic carbocycles. The first-order chi connectivity index (χ1) is 18.0. The molecule has 1 aliphatic rings. The monoisotopic (exact) mass is 572 g/mol. The number of ether oxygens (including phenoxy) is 1. The second kappa shape index (κ2) is 11.9. The van der Waals surface area contributed by atoms with Crippen LogP contribution in [-0.4, -0.2) is 28.8 Å². The molecule has 38 heavy (non-hydrogen) atoms. The molecule has 4 rings (SSSR count). The van der Waals surface area contributed by atoms with Crippen molar-refractivity contribution in [1.29, 1.82) is 0 Å². The summed E-state index contributed by atoms with van der Waals surface area (Å²) in [6.45, 7) is 5.19. The number of carboxylic acids is 1. The van der Waals surface area contributed by atoms with Crippen molar-refractivity contribution in [3.63, 3.8) is 0 Å². The minimum absolute atomic E-state index is 0.0491. The van der Waals surface area contributed by atoms with E-state index < -0.39 is 23.7 Å². The summed E-state index contributed by atoms with van der Waals surface area (Å²) in [5.74, 6) is -1.13. The number of aliphatic carboxylic acids is 1. The second-order valence-corrected chi connectivity index (χ2v) is 12.2. The van der Waals surface area contributed by atoms with Crippen LogP contribution in [0.3, 0.4) is 0 Å². The fourth-order valence-corrected chi connectivity index (χ4v) is 6.33. The normalized spacial score (nSPS) is 17.6. The number of hydrogen-bond donors (Lipinski definition) is 3. The van der Waals surface area contributed by atoms with E-state index in [2.05, 4.69) is 22.8 Å². The third kappa shape index (κ3) is 7.16. The number of carboxylic acid groups (broad SMARTS) is 1. The molecule has 0 spiro atoms. The first-order valence-electron chi connectivity index (χ1n) is 12.3. The summed E-state index contributed by atoms with van der Waals surface area (Å²) in [5.41, 5.74) is 2.91. The van der Waals surface area contributed by atoms with Crippen molar-refractivity contribution in [2.24, 2.45) is 0 Å². The van der Waals surface area contributed by atoms with Gasteiger partial charge in [0.15, 0.2) is 0 Å². The largest absolute Gasteiger partial charge is 0.480 e. The number of carbonyl (C=O) groups excluding carboxylic acids is 1. The minimum Gasteiger partial charge on any atom is -0.480 e. The maximum absolute atomic E-state index is 12.2. The molecule has 3 N–H and O–H groups in total. The number of amides is 1. The first-order valence-corrected chi connectivity index (χ1v) is 13.9. The average molecular weight is 574 g/mol. The lowest BCUT2D eigenvalue weighted by atomic mass is 9.91. The van der Waals surface area contributed by atoms with E-state index in [0.717, 1.165) is 33.7 Å². The highest BCUT2D eigenvalue weighted by molar-refractivity contribution is 7.99. The van der Waals surface area contributed by atoms with Gasteiger partial charge in [0.25, 0.3) is 0 Å². The van der Waals surface area contributed by atoms with Gasteiger partial charge in [-0.05, 0) is 68.7 Å². The smallest absolute Gasteiger partial charge is 0.408 e. The highest BCUT2D eigenvalue weighted by atomic mass is 35.5. The van der Waals surface area contributed by atoms with Gasteiger partial charge in [0, 0.05) is 37.9 Å². The van der Waals surface area contributed by atoms with Gasteiger partial charge in [-0.25, -0.2) is 9.59 Å². The van der Waals surface area contributed by atoms with E-state index >= 15 is 0 Å². The van der Waals surface area contributed by atoms with Crippen LogP contribution < -0.4 is 10.6 Å². The fraction of sp³-hybridized carbons (Fsp3) is 0.310. The highest BCUT2D eigenvalue weighted by Crippen LogP contribution is 2.50. The van der Waals surface area contributed by atoms with Crippen molar-refractivity contribution < 1.29 is 19.4 Å². The number of nitrogens with one attached hydrogen (secondary N) is 2. The van der Waals surface area contributed by atoms with Crippen molar-refractivity contribution >= 4 is 52.7 Å². The summed E-state index contributed by atoms with van der Waals surface area (Å²) in [5, 5.41) is 17.1. The summed E-state index contributed by atoms with van der Waals surface area (Å²) < 4.78 is 5.25. The quantitative estimate of drug-likeness (QED) is 0.266. The maximum atomic E-state index is 12.2. The van der Waals surface area contributed by atoms with Crippen molar-refractivity contribution in [2.75, 3.05) is 5.32 Å². The molecule has 3 aromatic rings. The zero-order valence-corrected chi connectivity index (χ0v) is 23.7. The molecule has 1 amide bonds. The Morgan fingerprint density at radius 2 is 1.76 bits per heavy atom. The number of carbonyl (C=O) groups is 2. The molecule has 0 saturated heterocycles. The van der Waals surface area contributed by atoms with Crippen molar-refractivity contribution in [3.05, 3.63) is 93.5 Å². The number of anilines is 1. The predicted molar refractivity (Wildman–Crippen MR) is 153 cm³/mol. The van der Waals surface area contributed by atoms with Gasteiger partial charge in [0.1, 0.15) is 11.6 Å². The van der Waals surface area contributed by atoms with Crippen LogP contribution in [0.1, 0.15) is 55.2 Å². The first kappa shape index (κ1) is 28.1. The molecule has 0 fully saturated rings. The number of thioether (sulfide) groups is 1. The van der Waals surface area contributed by atoms with Gasteiger partial charge in [-0.2, -0.15) is 0 Å². The van der Waals surface area contributed by atoms with E-state index in [9.17, 15) is 14.7 Å². The molecule has 1 heterocycles. The van der Waals surface area contributed by atoms with Crippen molar-refractivity contribution in [2.45, 2.75) is 61.4 Å². The predicted octanol–water partition coefficient (Wildman–Crippen LogP) is 7.90. The number of benzene rings is 3. The lowest BCUT2D eigenvalue weighted by Gasteiger charge is -2.34. The third-order valence-electron chi connectivity index (χ3n) is 6.04. The minimum atomic E-state index is -1.13. The lowest BCUT2D eigenvalue weighted by molar-refractivity contribution is -0.139. The van der Waals surface area contributed by atoms with Crippen LogP contribution in [0.15, 0.2) is 71.6 Å². The molecule has 0 aliphatic carbocycles. The number of alkyl carbamates (subject to hydrolysis) is 1. The van der Waals surface area contributed by atoms with Gasteiger partial charge in [-0.15, -0.1) is 11.8 Å². The molecular formula is C29H30Cl2N2O4S. The number of rotatable bonds is 7. The Hall–Kier alpha value is -2.87. The van der Waals surface area contributed by atoms with Crippen LogP contribution in [0.25, 0.3) is 0 Å². The van der Waals surface area contributed by atoms with E-state index in [4.69, 9.17) is 27.9 Å². The molecule has 9 heteroatoms. The molecular weight excluding hydrogens is 543 g/mol. The number of halogens is 2. The molecule has 1 aliphatic heterocycles. The summed E-state index contributed by atoms with van der Waals surface area (Å²) in [6.07, 6.45) is 0.0731. The second-order valence-electron chi connectivity index (χ2n) is 10.2. The third-order valence-corrected chi connectivity index (χ3v) is 7.98. The molecule has 0 radical (unpaired) electrons. The zero-order chi connectivity index (χ0) is 27.4. The molecule has 200 valence electrons. The van der Waals surface area contributed by atoms with Crippen LogP contribution >= 0.6 is 35.0 Å². The SMILES string of the molecule is CC(C)(C)OC(=O)NC(Cc1ccc2c(c1)C(Sc1ccccc1)CC(c1c(Cl)cccc1Cl)N2)C(=O)O. The summed E-state index contributed by atoms with van der Waals surface area (Å²) in [7, 11) is 0. The summed E-state index contributed by atoms with van der Waals surface area (Å²) in [4.78, 5) is 25.3. The van der Waals surface area contributed by atoms with Gasteiger partial charge in [-0.3, -0.25) is 0 Å². The number of fused-ring (bicyclic) bond motifs is 1. The Labute approximate surface area is 237 Å². The Morgan fingerprint density at radius 3 is 2.39 bits per heavy atom. The fourth-order valence-electron chi connectivity index (χ4n) is 4.42. The van der Waals surface area contributed by atoms with Crippen LogP contribution in [0.4, 0.5) is 10.5 Å². The summed E-state index contributed by atoms with van der Waals surface area (Å²) >= 11 is 14.9. The Kier molecular flexibility index (Phi) is 8.81. The van der Waals surface area contributed by atoms with E-state index in [0.29, 0.717) is 10.0 Å². The molecule has 3 atom stereocenters. The van der Waals surface area contributed by atoms with Gasteiger partial charge in [0.05, 0.1) is 6.04 Å². The average Bonchev–Trinajstić information content (AvgIpc) is 2.83. The van der Waals surface area contributed by atoms with E-state index in [-0.39, 0.29) is 17.7 Å². The van der Waals surface area contributed by atoms with E-state index in [1.165, 1.54) is 0 Å². The molecule has 0 bridgehead atoms. The molecule has 6 nitrogen and oxygen atoms in total. The van der Waals surface area contributed by atoms with E-state index in [1.54, 1.807) is 32.5 Å². The molecule has 3 unspecified atom stereocenters. The Morgan fingerprint density at radius 1 is 1.08 bits per heavy atom. The maximum Gasteiger partial charge on any atom is 0.408 e. The van der Waals surface area contributed by atoms with Crippen molar-refractivity contribution in [1.82, 2.24) is 5.32 Å². The van der Waals surface area contributed by atoms with Crippen LogP contribution in [0, 0.1) is 0 Å². The van der Waals surface area contributed by atoms with Crippen LogP contribution in [0.5, 0.6) is 0 Å². The van der Waals surface area contributed by atoms with Crippen LogP contribution in [0.2, 0.25) is 10.0 Å². The standard InChI is InChI=1S/C29H30Cl2N2O4S/c1-29(2,3)37-28(36)33-24(27(34)35)15-17-12-13-22-19(14-17)25(38-18-8-5-4-6-9-18)16-23(32-22)26-20(30)10-7-11-21(26)31/h4-14,23-25,32H,15-16H2,1-3H3,(H,33,36)(H,34,35). The topological polar surface area (TPSA) is 87.7 Å². The Balaban J connectivity index is 1.63. The Bertz CT molecular complexity index is 1290. The zero-order valence-electron chi connectivity index (χ0n) is 21.3.